The Morgan fingerprint density at radius 1 is 1.38 bits per heavy atom. The first kappa shape index (κ1) is 16.4. The third-order valence-electron chi connectivity index (χ3n) is 4.46. The largest absolute Gasteiger partial charge is 0.310 e. The SMILES string of the molecule is CCNC(c1ccc(C)nc1)C1CCCC(S(C)(=O)=O)C1. The lowest BCUT2D eigenvalue weighted by Gasteiger charge is -2.34. The van der Waals surface area contributed by atoms with Crippen molar-refractivity contribution in [2.24, 2.45) is 5.92 Å². The molecule has 4 nitrogen and oxygen atoms in total. The van der Waals surface area contributed by atoms with Crippen molar-refractivity contribution < 1.29 is 8.42 Å². The van der Waals surface area contributed by atoms with E-state index in [0.29, 0.717) is 5.92 Å². The highest BCUT2D eigenvalue weighted by Gasteiger charge is 2.33. The van der Waals surface area contributed by atoms with Gasteiger partial charge in [-0.1, -0.05) is 19.4 Å². The van der Waals surface area contributed by atoms with Gasteiger partial charge in [-0.15, -0.1) is 0 Å². The molecule has 21 heavy (non-hydrogen) atoms. The second kappa shape index (κ2) is 6.88. The van der Waals surface area contributed by atoms with E-state index in [2.05, 4.69) is 23.3 Å². The van der Waals surface area contributed by atoms with Gasteiger partial charge in [-0.05, 0) is 50.3 Å². The van der Waals surface area contributed by atoms with Gasteiger partial charge >= 0.3 is 0 Å². The quantitative estimate of drug-likeness (QED) is 0.908. The number of aryl methyl sites for hydroxylation is 1. The smallest absolute Gasteiger partial charge is 0.150 e. The Hall–Kier alpha value is -0.940. The lowest BCUT2D eigenvalue weighted by molar-refractivity contribution is 0.275. The van der Waals surface area contributed by atoms with Crippen LogP contribution < -0.4 is 5.32 Å². The maximum Gasteiger partial charge on any atom is 0.150 e. The molecule has 0 spiro atoms. The molecule has 1 heterocycles. The van der Waals surface area contributed by atoms with Crippen LogP contribution in [0.2, 0.25) is 0 Å². The number of rotatable bonds is 5. The minimum atomic E-state index is -2.94. The minimum absolute atomic E-state index is 0.184. The van der Waals surface area contributed by atoms with Crippen LogP contribution in [0.3, 0.4) is 0 Å². The van der Waals surface area contributed by atoms with Crippen molar-refractivity contribution in [3.63, 3.8) is 0 Å². The highest BCUT2D eigenvalue weighted by Crippen LogP contribution is 2.36. The number of pyridine rings is 1. The molecule has 1 N–H and O–H groups in total. The van der Waals surface area contributed by atoms with Crippen LogP contribution in [0.4, 0.5) is 0 Å². The molecular weight excluding hydrogens is 284 g/mol. The standard InChI is InChI=1S/C16H26N2O2S/c1-4-17-16(14-9-8-12(2)18-11-14)13-6-5-7-15(10-13)21(3,19)20/h8-9,11,13,15-17H,4-7,10H2,1-3H3. The molecule has 3 unspecified atom stereocenters. The molecule has 5 heteroatoms. The summed E-state index contributed by atoms with van der Waals surface area (Å²) in [6.07, 6.45) is 6.92. The predicted octanol–water partition coefficient (Wildman–Crippen LogP) is 2.64. The average molecular weight is 310 g/mol. The molecular formula is C16H26N2O2S. The van der Waals surface area contributed by atoms with Gasteiger partial charge in [0.25, 0.3) is 0 Å². The van der Waals surface area contributed by atoms with Gasteiger partial charge in [-0.25, -0.2) is 8.42 Å². The summed E-state index contributed by atoms with van der Waals surface area (Å²) >= 11 is 0. The Bertz CT molecular complexity index is 554. The van der Waals surface area contributed by atoms with Crippen molar-refractivity contribution in [3.05, 3.63) is 29.6 Å². The zero-order valence-corrected chi connectivity index (χ0v) is 14.0. The monoisotopic (exact) mass is 310 g/mol. The number of hydrogen-bond acceptors (Lipinski definition) is 4. The summed E-state index contributed by atoms with van der Waals surface area (Å²) in [4.78, 5) is 4.39. The second-order valence-electron chi connectivity index (χ2n) is 6.15. The summed E-state index contributed by atoms with van der Waals surface area (Å²) in [5, 5.41) is 3.34. The molecule has 1 aromatic rings. The van der Waals surface area contributed by atoms with Crippen LogP contribution in [-0.4, -0.2) is 31.5 Å². The highest BCUT2D eigenvalue weighted by atomic mass is 32.2. The fourth-order valence-electron chi connectivity index (χ4n) is 3.31. The molecule has 3 atom stereocenters. The molecule has 0 amide bonds. The van der Waals surface area contributed by atoms with Crippen molar-refractivity contribution in [1.82, 2.24) is 10.3 Å². The Labute approximate surface area is 128 Å². The van der Waals surface area contributed by atoms with Gasteiger partial charge in [0.05, 0.1) is 5.25 Å². The molecule has 0 saturated heterocycles. The van der Waals surface area contributed by atoms with E-state index in [0.717, 1.165) is 37.9 Å². The molecule has 0 aliphatic heterocycles. The molecule has 1 aromatic heterocycles. The molecule has 0 aromatic carbocycles. The van der Waals surface area contributed by atoms with Crippen LogP contribution >= 0.6 is 0 Å². The van der Waals surface area contributed by atoms with Gasteiger partial charge in [0.15, 0.2) is 0 Å². The number of sulfone groups is 1. The zero-order chi connectivity index (χ0) is 15.5. The number of nitrogens with zero attached hydrogens (tertiary/aromatic N) is 1. The van der Waals surface area contributed by atoms with E-state index in [-0.39, 0.29) is 11.3 Å². The Morgan fingerprint density at radius 2 is 2.14 bits per heavy atom. The second-order valence-corrected chi connectivity index (χ2v) is 8.47. The van der Waals surface area contributed by atoms with Gasteiger partial charge < -0.3 is 5.32 Å². The third kappa shape index (κ3) is 4.27. The summed E-state index contributed by atoms with van der Waals surface area (Å²) < 4.78 is 23.7. The van der Waals surface area contributed by atoms with Crippen molar-refractivity contribution in [1.29, 1.82) is 0 Å². The fraction of sp³-hybridized carbons (Fsp3) is 0.688. The molecule has 1 aliphatic rings. The zero-order valence-electron chi connectivity index (χ0n) is 13.2. The molecule has 1 aliphatic carbocycles. The topological polar surface area (TPSA) is 59.1 Å². The average Bonchev–Trinajstić information content (AvgIpc) is 2.45. The highest BCUT2D eigenvalue weighted by molar-refractivity contribution is 7.91. The van der Waals surface area contributed by atoms with E-state index in [1.165, 1.54) is 11.8 Å². The van der Waals surface area contributed by atoms with Crippen LogP contribution in [-0.2, 0) is 9.84 Å². The third-order valence-corrected chi connectivity index (χ3v) is 6.10. The van der Waals surface area contributed by atoms with Gasteiger partial charge in [-0.2, -0.15) is 0 Å². The first-order chi connectivity index (χ1) is 9.91. The van der Waals surface area contributed by atoms with E-state index < -0.39 is 9.84 Å². The number of aromatic nitrogens is 1. The molecule has 1 saturated carbocycles. The predicted molar refractivity (Wildman–Crippen MR) is 86.0 cm³/mol. The number of nitrogens with one attached hydrogen (secondary N) is 1. The normalized spacial score (nSPS) is 24.7. The maximum absolute atomic E-state index is 11.9. The van der Waals surface area contributed by atoms with E-state index in [9.17, 15) is 8.42 Å². The molecule has 118 valence electrons. The molecule has 0 radical (unpaired) electrons. The molecule has 1 fully saturated rings. The Kier molecular flexibility index (Phi) is 5.38. The van der Waals surface area contributed by atoms with E-state index in [4.69, 9.17) is 0 Å². The molecule has 2 rings (SSSR count). The van der Waals surface area contributed by atoms with E-state index in [1.807, 2.05) is 19.2 Å². The van der Waals surface area contributed by atoms with Crippen LogP contribution in [0.1, 0.15) is 49.9 Å². The van der Waals surface area contributed by atoms with Gasteiger partial charge in [-0.3, -0.25) is 4.98 Å². The van der Waals surface area contributed by atoms with Gasteiger partial charge in [0, 0.05) is 24.2 Å². The summed E-state index contributed by atoms with van der Waals surface area (Å²) in [5.41, 5.74) is 2.17. The molecule has 0 bridgehead atoms. The van der Waals surface area contributed by atoms with Gasteiger partial charge in [0.1, 0.15) is 9.84 Å². The lowest BCUT2D eigenvalue weighted by Crippen LogP contribution is -2.35. The van der Waals surface area contributed by atoms with Crippen LogP contribution in [0.25, 0.3) is 0 Å². The first-order valence-electron chi connectivity index (χ1n) is 7.76. The number of hydrogen-bond donors (Lipinski definition) is 1. The van der Waals surface area contributed by atoms with Crippen molar-refractivity contribution in [2.75, 3.05) is 12.8 Å². The van der Waals surface area contributed by atoms with Gasteiger partial charge in [0.2, 0.25) is 0 Å². The maximum atomic E-state index is 11.9. The van der Waals surface area contributed by atoms with E-state index in [1.54, 1.807) is 0 Å². The lowest BCUT2D eigenvalue weighted by atomic mass is 9.81. The Morgan fingerprint density at radius 3 is 2.71 bits per heavy atom. The van der Waals surface area contributed by atoms with Crippen molar-refractivity contribution in [3.8, 4) is 0 Å². The fourth-order valence-corrected chi connectivity index (χ4v) is 4.50. The van der Waals surface area contributed by atoms with Crippen molar-refractivity contribution >= 4 is 9.84 Å². The van der Waals surface area contributed by atoms with Crippen LogP contribution in [0.5, 0.6) is 0 Å². The van der Waals surface area contributed by atoms with Crippen molar-refractivity contribution in [2.45, 2.75) is 50.8 Å². The Balaban J connectivity index is 2.19. The minimum Gasteiger partial charge on any atom is -0.310 e. The van der Waals surface area contributed by atoms with Crippen LogP contribution in [0, 0.1) is 12.8 Å². The van der Waals surface area contributed by atoms with E-state index >= 15 is 0 Å². The summed E-state index contributed by atoms with van der Waals surface area (Å²) in [7, 11) is -2.94. The summed E-state index contributed by atoms with van der Waals surface area (Å²) in [6.45, 7) is 4.94. The van der Waals surface area contributed by atoms with Crippen LogP contribution in [0.15, 0.2) is 18.3 Å². The first-order valence-corrected chi connectivity index (χ1v) is 9.72. The summed E-state index contributed by atoms with van der Waals surface area (Å²) in [5.74, 6) is 0.364. The summed E-state index contributed by atoms with van der Waals surface area (Å²) in [6, 6.07) is 4.34.